The number of aromatic nitrogens is 4. The van der Waals surface area contributed by atoms with Crippen LogP contribution >= 0.6 is 11.8 Å². The molecule has 1 atom stereocenters. The molecular weight excluding hydrogens is 472 g/mol. The van der Waals surface area contributed by atoms with E-state index >= 15 is 0 Å². The van der Waals surface area contributed by atoms with E-state index in [1.807, 2.05) is 42.2 Å². The molecule has 6 rings (SSSR count). The number of hydrogen-bond donors (Lipinski definition) is 0. The molecule has 0 radical (unpaired) electrons. The minimum absolute atomic E-state index is 0.107. The molecule has 0 saturated carbocycles. The van der Waals surface area contributed by atoms with Gasteiger partial charge in [0.25, 0.3) is 5.56 Å². The second kappa shape index (κ2) is 9.55. The van der Waals surface area contributed by atoms with E-state index in [2.05, 4.69) is 34.3 Å². The third kappa shape index (κ3) is 4.33. The first-order valence-electron chi connectivity index (χ1n) is 12.3. The maximum Gasteiger partial charge on any atom is 0.265 e. The lowest BCUT2D eigenvalue weighted by molar-refractivity contribution is -0.133. The number of carbonyl (C=O) groups excluding carboxylic acids is 1. The van der Waals surface area contributed by atoms with E-state index in [1.165, 1.54) is 17.3 Å². The standard InChI is InChI=1S/C27H28N6O2S/c1-19-7-9-21(10-8-19)33-25-23(16-28-33)26(35)32-22(18-36-27(32)29-25)15-24(34)31-13-11-30(12-14-31)17-20-5-3-2-4-6-20/h2-10,16,22H,11-15,17-18H2,1H3. The maximum atomic E-state index is 13.4. The van der Waals surface area contributed by atoms with Gasteiger partial charge in [-0.2, -0.15) is 5.10 Å². The number of thioether (sulfide) groups is 1. The van der Waals surface area contributed by atoms with E-state index in [1.54, 1.807) is 15.4 Å². The number of fused-ring (bicyclic) bond motifs is 2. The molecule has 1 fully saturated rings. The first-order valence-corrected chi connectivity index (χ1v) is 13.3. The Labute approximate surface area is 213 Å². The van der Waals surface area contributed by atoms with Gasteiger partial charge in [0.15, 0.2) is 10.8 Å². The van der Waals surface area contributed by atoms with Gasteiger partial charge in [-0.05, 0) is 24.6 Å². The zero-order chi connectivity index (χ0) is 24.6. The average Bonchev–Trinajstić information content (AvgIpc) is 3.51. The highest BCUT2D eigenvalue weighted by Gasteiger charge is 2.31. The van der Waals surface area contributed by atoms with Crippen LogP contribution < -0.4 is 5.56 Å². The molecule has 1 saturated heterocycles. The predicted molar refractivity (Wildman–Crippen MR) is 141 cm³/mol. The van der Waals surface area contributed by atoms with Crippen LogP contribution in [0.5, 0.6) is 0 Å². The zero-order valence-corrected chi connectivity index (χ0v) is 21.0. The summed E-state index contributed by atoms with van der Waals surface area (Å²) in [4.78, 5) is 35.7. The topological polar surface area (TPSA) is 76.3 Å². The largest absolute Gasteiger partial charge is 0.340 e. The summed E-state index contributed by atoms with van der Waals surface area (Å²) in [5.74, 6) is 0.780. The zero-order valence-electron chi connectivity index (χ0n) is 20.2. The second-order valence-electron chi connectivity index (χ2n) is 9.51. The van der Waals surface area contributed by atoms with E-state index in [0.29, 0.717) is 41.5 Å². The Hall–Kier alpha value is -3.43. The van der Waals surface area contributed by atoms with Crippen molar-refractivity contribution < 1.29 is 4.79 Å². The molecule has 4 aromatic rings. The van der Waals surface area contributed by atoms with Crippen molar-refractivity contribution in [1.82, 2.24) is 29.1 Å². The number of amides is 1. The fraction of sp³-hybridized carbons (Fsp3) is 0.333. The smallest absolute Gasteiger partial charge is 0.265 e. The Balaban J connectivity index is 1.15. The van der Waals surface area contributed by atoms with E-state index in [0.717, 1.165) is 30.9 Å². The lowest BCUT2D eigenvalue weighted by Gasteiger charge is -2.35. The van der Waals surface area contributed by atoms with Crippen molar-refractivity contribution >= 4 is 28.7 Å². The molecule has 2 aromatic carbocycles. The molecule has 2 aliphatic rings. The van der Waals surface area contributed by atoms with Gasteiger partial charge < -0.3 is 4.90 Å². The Morgan fingerprint density at radius 1 is 1.03 bits per heavy atom. The summed E-state index contributed by atoms with van der Waals surface area (Å²) in [6, 6.07) is 18.2. The number of rotatable bonds is 5. The van der Waals surface area contributed by atoms with Gasteiger partial charge in [0.05, 0.1) is 17.9 Å². The van der Waals surface area contributed by atoms with Crippen LogP contribution in [0.1, 0.15) is 23.6 Å². The summed E-state index contributed by atoms with van der Waals surface area (Å²) in [5.41, 5.74) is 3.76. The number of hydrogen-bond acceptors (Lipinski definition) is 6. The van der Waals surface area contributed by atoms with E-state index in [4.69, 9.17) is 4.98 Å². The first-order chi connectivity index (χ1) is 17.6. The van der Waals surface area contributed by atoms with Gasteiger partial charge in [-0.15, -0.1) is 0 Å². The van der Waals surface area contributed by atoms with Crippen molar-refractivity contribution in [2.75, 3.05) is 31.9 Å². The predicted octanol–water partition coefficient (Wildman–Crippen LogP) is 3.27. The van der Waals surface area contributed by atoms with Crippen molar-refractivity contribution in [2.45, 2.75) is 31.1 Å². The number of aryl methyl sites for hydroxylation is 1. The lowest BCUT2D eigenvalue weighted by Crippen LogP contribution is -2.48. The molecule has 4 heterocycles. The van der Waals surface area contributed by atoms with E-state index < -0.39 is 0 Å². The van der Waals surface area contributed by atoms with Crippen molar-refractivity contribution in [3.05, 3.63) is 82.3 Å². The van der Waals surface area contributed by atoms with E-state index in [-0.39, 0.29) is 17.5 Å². The third-order valence-corrected chi connectivity index (χ3v) is 8.13. The molecule has 2 aromatic heterocycles. The minimum atomic E-state index is -0.188. The van der Waals surface area contributed by atoms with Gasteiger partial charge in [-0.3, -0.25) is 19.1 Å². The summed E-state index contributed by atoms with van der Waals surface area (Å²) >= 11 is 1.54. The molecule has 8 nitrogen and oxygen atoms in total. The summed E-state index contributed by atoms with van der Waals surface area (Å²) in [6.45, 7) is 6.09. The lowest BCUT2D eigenvalue weighted by atomic mass is 10.1. The molecule has 1 amide bonds. The van der Waals surface area contributed by atoms with Gasteiger partial charge in [-0.25, -0.2) is 9.67 Å². The van der Waals surface area contributed by atoms with Gasteiger partial charge in [0.1, 0.15) is 5.39 Å². The van der Waals surface area contributed by atoms with Crippen molar-refractivity contribution in [2.24, 2.45) is 0 Å². The number of benzene rings is 2. The molecule has 0 bridgehead atoms. The highest BCUT2D eigenvalue weighted by Crippen LogP contribution is 2.34. The van der Waals surface area contributed by atoms with Crippen LogP contribution in [0.25, 0.3) is 16.7 Å². The average molecular weight is 501 g/mol. The number of nitrogens with zero attached hydrogens (tertiary/aromatic N) is 6. The highest BCUT2D eigenvalue weighted by molar-refractivity contribution is 7.99. The molecule has 9 heteroatoms. The van der Waals surface area contributed by atoms with Crippen LogP contribution in [0.2, 0.25) is 0 Å². The van der Waals surface area contributed by atoms with Crippen molar-refractivity contribution in [1.29, 1.82) is 0 Å². The summed E-state index contributed by atoms with van der Waals surface area (Å²) in [5, 5.41) is 5.58. The highest BCUT2D eigenvalue weighted by atomic mass is 32.2. The Morgan fingerprint density at radius 3 is 2.53 bits per heavy atom. The Kier molecular flexibility index (Phi) is 6.10. The molecule has 0 aliphatic carbocycles. The molecule has 36 heavy (non-hydrogen) atoms. The van der Waals surface area contributed by atoms with Crippen LogP contribution in [-0.4, -0.2) is 67.0 Å². The first kappa shape index (κ1) is 23.0. The summed E-state index contributed by atoms with van der Waals surface area (Å²) in [7, 11) is 0. The van der Waals surface area contributed by atoms with Crippen LogP contribution in [0.15, 0.2) is 70.7 Å². The SMILES string of the molecule is Cc1ccc(-n2ncc3c(=O)n4c(nc32)SCC4CC(=O)N2CCN(Cc3ccccc3)CC2)cc1. The maximum absolute atomic E-state index is 13.4. The van der Waals surface area contributed by atoms with Crippen LogP contribution in [-0.2, 0) is 11.3 Å². The van der Waals surface area contributed by atoms with Crippen molar-refractivity contribution in [3.8, 4) is 5.69 Å². The molecule has 184 valence electrons. The summed E-state index contributed by atoms with van der Waals surface area (Å²) in [6.07, 6.45) is 1.91. The van der Waals surface area contributed by atoms with E-state index in [9.17, 15) is 9.59 Å². The number of piperazine rings is 1. The van der Waals surface area contributed by atoms with Crippen LogP contribution in [0, 0.1) is 6.92 Å². The fourth-order valence-corrected chi connectivity index (χ4v) is 6.11. The Morgan fingerprint density at radius 2 is 1.78 bits per heavy atom. The molecular formula is C27H28N6O2S. The Bertz CT molecular complexity index is 1460. The normalized spacial score (nSPS) is 18.0. The van der Waals surface area contributed by atoms with Gasteiger partial charge in [-0.1, -0.05) is 59.8 Å². The molecule has 1 unspecified atom stereocenters. The van der Waals surface area contributed by atoms with Crippen LogP contribution in [0.4, 0.5) is 0 Å². The van der Waals surface area contributed by atoms with Gasteiger partial charge in [0, 0.05) is 44.9 Å². The molecule has 2 aliphatic heterocycles. The third-order valence-electron chi connectivity index (χ3n) is 7.03. The van der Waals surface area contributed by atoms with Gasteiger partial charge in [0.2, 0.25) is 5.91 Å². The molecule has 0 N–H and O–H groups in total. The quantitative estimate of drug-likeness (QED) is 0.392. The fourth-order valence-electron chi connectivity index (χ4n) is 4.98. The van der Waals surface area contributed by atoms with Crippen molar-refractivity contribution in [3.63, 3.8) is 0 Å². The number of carbonyl (C=O) groups is 1. The molecule has 0 spiro atoms. The second-order valence-corrected chi connectivity index (χ2v) is 10.5. The summed E-state index contributed by atoms with van der Waals surface area (Å²) < 4.78 is 3.42. The monoisotopic (exact) mass is 500 g/mol. The minimum Gasteiger partial charge on any atom is -0.340 e. The van der Waals surface area contributed by atoms with Crippen LogP contribution in [0.3, 0.4) is 0 Å². The van der Waals surface area contributed by atoms with Gasteiger partial charge >= 0.3 is 0 Å².